The number of nitrogens with zero attached hydrogens (tertiary/aromatic N) is 4. The molecule has 0 aliphatic heterocycles. The molecule has 0 spiro atoms. The summed E-state index contributed by atoms with van der Waals surface area (Å²) in [7, 11) is 1.56. The van der Waals surface area contributed by atoms with Gasteiger partial charge in [0, 0.05) is 36.7 Å². The van der Waals surface area contributed by atoms with Crippen LogP contribution in [0.25, 0.3) is 0 Å². The van der Waals surface area contributed by atoms with Gasteiger partial charge in [0.25, 0.3) is 0 Å². The number of phenolic OH excluding ortho intramolecular Hbond substituents is 1. The molecule has 0 amide bonds. The standard InChI is InChI=1S/C19H28ClN5O2.C18H34N4O2/c1-3-15(22-17-13-16(4-2)23-18(20)24-17)9-7-5-6-8-12-27-19(26)25-11-10-21-14-25;1-24-18-14-16(6-7-17(18)23)15-22-13-5-12-21-10-3-2-9-20-11-4-8-19/h10-11,13-15H,3-9,12H2,1-2H3,(H,22,23,24);6-7,14,20-23H,2-5,8-13,15,19H2,1H3. The lowest BCUT2D eigenvalue weighted by Crippen LogP contribution is -2.24. The molecule has 0 aliphatic carbocycles. The summed E-state index contributed by atoms with van der Waals surface area (Å²) in [4.78, 5) is 23.9. The maximum atomic E-state index is 11.6. The van der Waals surface area contributed by atoms with E-state index in [1.165, 1.54) is 23.7 Å². The van der Waals surface area contributed by atoms with E-state index >= 15 is 0 Å². The predicted molar refractivity (Wildman–Crippen MR) is 206 cm³/mol. The van der Waals surface area contributed by atoms with Crippen molar-refractivity contribution in [1.82, 2.24) is 35.5 Å². The molecule has 2 heterocycles. The molecule has 51 heavy (non-hydrogen) atoms. The molecular weight excluding hydrogens is 670 g/mol. The quantitative estimate of drug-likeness (QED) is 0.0427. The first-order valence-electron chi connectivity index (χ1n) is 18.5. The lowest BCUT2D eigenvalue weighted by molar-refractivity contribution is 0.145. The van der Waals surface area contributed by atoms with Crippen LogP contribution in [0.4, 0.5) is 10.6 Å². The van der Waals surface area contributed by atoms with Crippen molar-refractivity contribution in [3.8, 4) is 11.5 Å². The van der Waals surface area contributed by atoms with Crippen molar-refractivity contribution < 1.29 is 19.4 Å². The largest absolute Gasteiger partial charge is 0.504 e. The third-order valence-corrected chi connectivity index (χ3v) is 8.31. The first kappa shape index (κ1) is 43.7. The SMILES string of the molecule is CCc1cc(NC(CC)CCCCCCOC(=O)n2ccnc2)nc(Cl)n1.COc1cc(CNCCCNCCCCNCCCN)ccc1O. The van der Waals surface area contributed by atoms with Gasteiger partial charge < -0.3 is 41.6 Å². The lowest BCUT2D eigenvalue weighted by atomic mass is 10.1. The van der Waals surface area contributed by atoms with Crippen molar-refractivity contribution in [2.24, 2.45) is 5.73 Å². The van der Waals surface area contributed by atoms with Crippen molar-refractivity contribution in [3.63, 3.8) is 0 Å². The molecule has 0 radical (unpaired) electrons. The van der Waals surface area contributed by atoms with Crippen LogP contribution >= 0.6 is 11.6 Å². The van der Waals surface area contributed by atoms with Crippen molar-refractivity contribution in [3.05, 3.63) is 59.5 Å². The fourth-order valence-electron chi connectivity index (χ4n) is 5.14. The third-order valence-electron chi connectivity index (χ3n) is 8.14. The van der Waals surface area contributed by atoms with Crippen LogP contribution in [0.1, 0.15) is 89.3 Å². The van der Waals surface area contributed by atoms with Crippen LogP contribution in [0.15, 0.2) is 43.0 Å². The number of carbonyl (C=O) groups excluding carboxylic acids is 1. The number of ether oxygens (including phenoxy) is 2. The highest BCUT2D eigenvalue weighted by Gasteiger charge is 2.10. The molecule has 286 valence electrons. The zero-order valence-electron chi connectivity index (χ0n) is 31.0. The van der Waals surface area contributed by atoms with E-state index in [2.05, 4.69) is 43.1 Å². The number of nitrogens with two attached hydrogens (primary N) is 1. The Labute approximate surface area is 309 Å². The van der Waals surface area contributed by atoms with E-state index in [1.807, 2.05) is 25.1 Å². The van der Waals surface area contributed by atoms with Crippen molar-refractivity contribution in [2.45, 2.75) is 97.1 Å². The summed E-state index contributed by atoms with van der Waals surface area (Å²) in [5, 5.41) is 23.6. The number of rotatable bonds is 26. The van der Waals surface area contributed by atoms with Crippen LogP contribution in [-0.4, -0.2) is 89.7 Å². The number of phenols is 1. The Hall–Kier alpha value is -3.49. The Kier molecular flexibility index (Phi) is 24.1. The molecule has 0 bridgehead atoms. The zero-order chi connectivity index (χ0) is 36.9. The molecule has 7 N–H and O–H groups in total. The molecule has 0 fully saturated rings. The van der Waals surface area contributed by atoms with Gasteiger partial charge in [0.2, 0.25) is 5.28 Å². The Morgan fingerprint density at radius 2 is 1.67 bits per heavy atom. The van der Waals surface area contributed by atoms with Gasteiger partial charge in [0.1, 0.15) is 12.1 Å². The predicted octanol–water partition coefficient (Wildman–Crippen LogP) is 5.90. The number of methoxy groups -OCH3 is 1. The van der Waals surface area contributed by atoms with Gasteiger partial charge in [0.05, 0.1) is 13.7 Å². The summed E-state index contributed by atoms with van der Waals surface area (Å²) < 4.78 is 11.6. The van der Waals surface area contributed by atoms with Gasteiger partial charge in [-0.15, -0.1) is 0 Å². The number of imidazole rings is 1. The number of halogens is 1. The van der Waals surface area contributed by atoms with Gasteiger partial charge in [-0.3, -0.25) is 0 Å². The highest BCUT2D eigenvalue weighted by atomic mass is 35.5. The van der Waals surface area contributed by atoms with E-state index in [0.717, 1.165) is 121 Å². The highest BCUT2D eigenvalue weighted by Crippen LogP contribution is 2.26. The van der Waals surface area contributed by atoms with Crippen LogP contribution in [0.2, 0.25) is 5.28 Å². The first-order chi connectivity index (χ1) is 24.9. The first-order valence-corrected chi connectivity index (χ1v) is 18.9. The van der Waals surface area contributed by atoms with Crippen LogP contribution in [0, 0.1) is 0 Å². The Balaban J connectivity index is 0.000000356. The molecule has 13 nitrogen and oxygen atoms in total. The fraction of sp³-hybridized carbons (Fsp3) is 0.622. The van der Waals surface area contributed by atoms with E-state index < -0.39 is 0 Å². The molecule has 14 heteroatoms. The topological polar surface area (TPSA) is 174 Å². The Bertz CT molecular complexity index is 1320. The zero-order valence-corrected chi connectivity index (χ0v) is 31.7. The van der Waals surface area contributed by atoms with Crippen molar-refractivity contribution >= 4 is 23.5 Å². The van der Waals surface area contributed by atoms with E-state index in [1.54, 1.807) is 25.6 Å². The number of anilines is 1. The smallest absolute Gasteiger partial charge is 0.419 e. The fourth-order valence-corrected chi connectivity index (χ4v) is 5.34. The number of nitrogens with one attached hydrogen (secondary N) is 4. The van der Waals surface area contributed by atoms with Crippen molar-refractivity contribution in [2.75, 3.05) is 58.3 Å². The number of aryl methyl sites for hydroxylation is 1. The molecule has 0 saturated carbocycles. The second-order valence-corrected chi connectivity index (χ2v) is 12.6. The average Bonchev–Trinajstić information content (AvgIpc) is 3.69. The van der Waals surface area contributed by atoms with E-state index in [0.29, 0.717) is 18.4 Å². The van der Waals surface area contributed by atoms with Gasteiger partial charge in [-0.05, 0) is 120 Å². The number of benzene rings is 1. The third kappa shape index (κ3) is 20.2. The van der Waals surface area contributed by atoms with E-state index in [-0.39, 0.29) is 17.1 Å². The molecular formula is C37H62ClN9O4. The molecule has 1 aromatic carbocycles. The number of hydrogen-bond donors (Lipinski definition) is 6. The number of unbranched alkanes of at least 4 members (excludes halogenated alkanes) is 4. The monoisotopic (exact) mass is 731 g/mol. The molecule has 1 atom stereocenters. The summed E-state index contributed by atoms with van der Waals surface area (Å²) in [6, 6.07) is 7.76. The van der Waals surface area contributed by atoms with Crippen molar-refractivity contribution in [1.29, 1.82) is 0 Å². The minimum Gasteiger partial charge on any atom is -0.504 e. The van der Waals surface area contributed by atoms with Gasteiger partial charge in [-0.2, -0.15) is 0 Å². The molecule has 3 rings (SSSR count). The molecule has 1 unspecified atom stereocenters. The number of carbonyl (C=O) groups is 1. The molecule has 3 aromatic rings. The number of aromatic hydroxyl groups is 1. The normalized spacial score (nSPS) is 11.5. The Morgan fingerprint density at radius 3 is 2.35 bits per heavy atom. The Morgan fingerprint density at radius 1 is 0.941 bits per heavy atom. The second kappa shape index (κ2) is 28.1. The van der Waals surface area contributed by atoms with E-state index in [9.17, 15) is 9.90 Å². The van der Waals surface area contributed by atoms with Gasteiger partial charge in [0.15, 0.2) is 11.5 Å². The highest BCUT2D eigenvalue weighted by molar-refractivity contribution is 6.28. The minimum absolute atomic E-state index is 0.181. The molecule has 2 aromatic heterocycles. The second-order valence-electron chi connectivity index (χ2n) is 12.3. The molecule has 0 aliphatic rings. The van der Waals surface area contributed by atoms with Crippen LogP contribution in [0.3, 0.4) is 0 Å². The lowest BCUT2D eigenvalue weighted by Gasteiger charge is -2.18. The minimum atomic E-state index is -0.377. The maximum absolute atomic E-state index is 11.6. The van der Waals surface area contributed by atoms with Crippen LogP contribution < -0.4 is 31.7 Å². The average molecular weight is 732 g/mol. The van der Waals surface area contributed by atoms with Crippen LogP contribution in [0.5, 0.6) is 11.5 Å². The van der Waals surface area contributed by atoms with E-state index in [4.69, 9.17) is 26.8 Å². The summed E-state index contributed by atoms with van der Waals surface area (Å²) in [5.41, 5.74) is 7.49. The van der Waals surface area contributed by atoms with Gasteiger partial charge in [-0.25, -0.2) is 24.3 Å². The molecule has 0 saturated heterocycles. The summed E-state index contributed by atoms with van der Waals surface area (Å²) in [5.74, 6) is 1.50. The van der Waals surface area contributed by atoms with Crippen LogP contribution in [-0.2, 0) is 17.7 Å². The maximum Gasteiger partial charge on any atom is 0.419 e. The van der Waals surface area contributed by atoms with Gasteiger partial charge >= 0.3 is 6.09 Å². The number of hydrogen-bond acceptors (Lipinski definition) is 12. The van der Waals surface area contributed by atoms with Gasteiger partial charge in [-0.1, -0.05) is 39.2 Å². The number of aromatic nitrogens is 4. The summed E-state index contributed by atoms with van der Waals surface area (Å²) >= 11 is 5.98. The summed E-state index contributed by atoms with van der Waals surface area (Å²) in [6.07, 6.45) is 15.8. The summed E-state index contributed by atoms with van der Waals surface area (Å²) in [6.45, 7) is 11.4.